The first-order valence-electron chi connectivity index (χ1n) is 9.88. The van der Waals surface area contributed by atoms with Crippen molar-refractivity contribution in [1.82, 2.24) is 15.1 Å². The molecular weight excluding hydrogens is 382 g/mol. The summed E-state index contributed by atoms with van der Waals surface area (Å²) in [6, 6.07) is -3.94. The van der Waals surface area contributed by atoms with Crippen molar-refractivity contribution in [3.63, 3.8) is 0 Å². The summed E-state index contributed by atoms with van der Waals surface area (Å²) in [6.07, 6.45) is -0.170. The van der Waals surface area contributed by atoms with Crippen molar-refractivity contribution >= 4 is 23.6 Å². The molecule has 0 aromatic rings. The molecule has 11 heteroatoms. The highest BCUT2D eigenvalue weighted by atomic mass is 16.3. The molecule has 2 aliphatic rings. The number of likely N-dealkylation sites (tertiary alicyclic amines) is 2. The first-order chi connectivity index (χ1) is 13.6. The Hall–Kier alpha value is -2.24. The van der Waals surface area contributed by atoms with Crippen LogP contribution in [0.15, 0.2) is 0 Å². The lowest BCUT2D eigenvalue weighted by Gasteiger charge is -2.33. The van der Waals surface area contributed by atoms with Gasteiger partial charge in [0.2, 0.25) is 23.6 Å². The first-order valence-corrected chi connectivity index (χ1v) is 9.88. The summed E-state index contributed by atoms with van der Waals surface area (Å²) in [7, 11) is 0. The van der Waals surface area contributed by atoms with Crippen molar-refractivity contribution in [2.24, 2.45) is 11.5 Å². The van der Waals surface area contributed by atoms with E-state index in [1.165, 1.54) is 23.6 Å². The van der Waals surface area contributed by atoms with E-state index in [9.17, 15) is 29.4 Å². The van der Waals surface area contributed by atoms with E-state index in [4.69, 9.17) is 11.5 Å². The zero-order chi connectivity index (χ0) is 21.9. The van der Waals surface area contributed by atoms with Crippen molar-refractivity contribution in [3.05, 3.63) is 0 Å². The molecule has 11 nitrogen and oxygen atoms in total. The summed E-state index contributed by atoms with van der Waals surface area (Å²) in [5, 5.41) is 21.6. The van der Waals surface area contributed by atoms with E-state index in [1.54, 1.807) is 0 Å². The average Bonchev–Trinajstić information content (AvgIpc) is 3.32. The summed E-state index contributed by atoms with van der Waals surface area (Å²) in [5.41, 5.74) is 11.0. The van der Waals surface area contributed by atoms with Crippen molar-refractivity contribution in [2.75, 3.05) is 13.1 Å². The van der Waals surface area contributed by atoms with Gasteiger partial charge in [-0.1, -0.05) is 0 Å². The standard InChI is InChI=1S/C18H31N5O6/c1-9(24)13(19)18(29)23-8-4-6-12(23)17(28)22-7-3-5-11(22)16(27)21-14(10(2)25)15(20)26/h9-14,24-25H,3-8,19H2,1-2H3,(H2,20,26)(H,21,27)/t9-,10-,11+,12+,13+,14+/m1/s1. The summed E-state index contributed by atoms with van der Waals surface area (Å²) >= 11 is 0. The predicted octanol–water partition coefficient (Wildman–Crippen LogP) is -2.97. The number of nitrogens with one attached hydrogen (secondary N) is 1. The van der Waals surface area contributed by atoms with Gasteiger partial charge < -0.3 is 36.8 Å². The number of carbonyl (C=O) groups is 4. The topological polar surface area (TPSA) is 179 Å². The van der Waals surface area contributed by atoms with Gasteiger partial charge in [-0.2, -0.15) is 0 Å². The third kappa shape index (κ3) is 5.03. The quantitative estimate of drug-likeness (QED) is 0.295. The summed E-state index contributed by atoms with van der Waals surface area (Å²) in [6.45, 7) is 3.44. The second-order valence-corrected chi connectivity index (χ2v) is 7.77. The Labute approximate surface area is 169 Å². The van der Waals surface area contributed by atoms with Crippen LogP contribution in [0.3, 0.4) is 0 Å². The number of hydrogen-bond donors (Lipinski definition) is 5. The van der Waals surface area contributed by atoms with Gasteiger partial charge in [-0.15, -0.1) is 0 Å². The van der Waals surface area contributed by atoms with Crippen LogP contribution in [0.2, 0.25) is 0 Å². The molecule has 0 spiro atoms. The molecule has 0 radical (unpaired) electrons. The first kappa shape index (κ1) is 23.0. The number of rotatable bonds is 7. The van der Waals surface area contributed by atoms with E-state index in [0.717, 1.165) is 0 Å². The molecule has 4 amide bonds. The van der Waals surface area contributed by atoms with Gasteiger partial charge in [-0.25, -0.2) is 0 Å². The molecule has 0 bridgehead atoms. The van der Waals surface area contributed by atoms with Gasteiger partial charge in [0.05, 0.1) is 12.2 Å². The summed E-state index contributed by atoms with van der Waals surface area (Å²) in [4.78, 5) is 52.5. The van der Waals surface area contributed by atoms with E-state index < -0.39 is 54.1 Å². The Kier molecular flexibility index (Phi) is 7.55. The number of hydrogen-bond acceptors (Lipinski definition) is 7. The maximum atomic E-state index is 13.1. The molecular formula is C18H31N5O6. The molecule has 0 unspecified atom stereocenters. The SMILES string of the molecule is C[C@@H](O)[C@H](N)C(=O)N1CCC[C@H]1C(=O)N1CCC[C@H]1C(=O)N[C@H](C(N)=O)[C@@H](C)O. The number of aliphatic hydroxyl groups excluding tert-OH is 2. The van der Waals surface area contributed by atoms with E-state index in [0.29, 0.717) is 38.8 Å². The monoisotopic (exact) mass is 413 g/mol. The summed E-state index contributed by atoms with van der Waals surface area (Å²) in [5.74, 6) is -2.31. The molecule has 164 valence electrons. The zero-order valence-electron chi connectivity index (χ0n) is 16.8. The lowest BCUT2D eigenvalue weighted by Crippen LogP contribution is -2.58. The Morgan fingerprint density at radius 2 is 1.52 bits per heavy atom. The Balaban J connectivity index is 2.11. The predicted molar refractivity (Wildman–Crippen MR) is 102 cm³/mol. The van der Waals surface area contributed by atoms with Crippen LogP contribution >= 0.6 is 0 Å². The summed E-state index contributed by atoms with van der Waals surface area (Å²) < 4.78 is 0. The third-order valence-corrected chi connectivity index (χ3v) is 5.55. The van der Waals surface area contributed by atoms with Gasteiger partial charge >= 0.3 is 0 Å². The number of aliphatic hydroxyl groups is 2. The van der Waals surface area contributed by atoms with Crippen LogP contribution in [0.5, 0.6) is 0 Å². The van der Waals surface area contributed by atoms with Crippen LogP contribution in [-0.2, 0) is 19.2 Å². The van der Waals surface area contributed by atoms with Gasteiger partial charge in [0.25, 0.3) is 0 Å². The fraction of sp³-hybridized carbons (Fsp3) is 0.778. The Bertz CT molecular complexity index is 655. The van der Waals surface area contributed by atoms with Crippen LogP contribution in [0.25, 0.3) is 0 Å². The third-order valence-electron chi connectivity index (χ3n) is 5.55. The molecule has 2 heterocycles. The molecule has 2 rings (SSSR count). The fourth-order valence-electron chi connectivity index (χ4n) is 3.86. The molecule has 2 fully saturated rings. The molecule has 0 aromatic heterocycles. The average molecular weight is 413 g/mol. The van der Waals surface area contributed by atoms with Gasteiger partial charge in [0.1, 0.15) is 24.2 Å². The molecule has 2 aliphatic heterocycles. The van der Waals surface area contributed by atoms with E-state index >= 15 is 0 Å². The largest absolute Gasteiger partial charge is 0.391 e. The molecule has 7 N–H and O–H groups in total. The second-order valence-electron chi connectivity index (χ2n) is 7.77. The highest BCUT2D eigenvalue weighted by Crippen LogP contribution is 2.25. The minimum atomic E-state index is -1.26. The minimum absolute atomic E-state index is 0.341. The maximum absolute atomic E-state index is 13.1. The molecule has 0 saturated carbocycles. The molecule has 0 aliphatic carbocycles. The molecule has 29 heavy (non-hydrogen) atoms. The van der Waals surface area contributed by atoms with E-state index in [2.05, 4.69) is 5.32 Å². The molecule has 0 aromatic carbocycles. The number of nitrogens with two attached hydrogens (primary N) is 2. The van der Waals surface area contributed by atoms with Crippen LogP contribution in [0.1, 0.15) is 39.5 Å². The lowest BCUT2D eigenvalue weighted by atomic mass is 10.1. The fourth-order valence-corrected chi connectivity index (χ4v) is 3.86. The van der Waals surface area contributed by atoms with Gasteiger partial charge in [0, 0.05) is 13.1 Å². The smallest absolute Gasteiger partial charge is 0.246 e. The molecule has 6 atom stereocenters. The van der Waals surface area contributed by atoms with Crippen molar-refractivity contribution in [2.45, 2.75) is 75.9 Å². The maximum Gasteiger partial charge on any atom is 0.246 e. The van der Waals surface area contributed by atoms with Crippen molar-refractivity contribution < 1.29 is 29.4 Å². The Morgan fingerprint density at radius 1 is 0.966 bits per heavy atom. The Morgan fingerprint density at radius 3 is 2.03 bits per heavy atom. The zero-order valence-corrected chi connectivity index (χ0v) is 16.8. The van der Waals surface area contributed by atoms with Crippen LogP contribution in [-0.4, -0.2) is 93.1 Å². The van der Waals surface area contributed by atoms with Gasteiger partial charge in [-0.3, -0.25) is 19.2 Å². The number of carbonyl (C=O) groups excluding carboxylic acids is 4. The highest BCUT2D eigenvalue weighted by Gasteiger charge is 2.43. The van der Waals surface area contributed by atoms with Gasteiger partial charge in [-0.05, 0) is 39.5 Å². The van der Waals surface area contributed by atoms with Crippen molar-refractivity contribution in [1.29, 1.82) is 0 Å². The molecule has 2 saturated heterocycles. The van der Waals surface area contributed by atoms with Crippen LogP contribution in [0.4, 0.5) is 0 Å². The number of primary amides is 1. The normalized spacial score (nSPS) is 26.0. The second kappa shape index (κ2) is 9.51. The minimum Gasteiger partial charge on any atom is -0.391 e. The van der Waals surface area contributed by atoms with E-state index in [-0.39, 0.29) is 5.91 Å². The number of amides is 4. The van der Waals surface area contributed by atoms with Crippen molar-refractivity contribution in [3.8, 4) is 0 Å². The van der Waals surface area contributed by atoms with Gasteiger partial charge in [0.15, 0.2) is 0 Å². The highest BCUT2D eigenvalue weighted by molar-refractivity contribution is 5.95. The van der Waals surface area contributed by atoms with E-state index in [1.807, 2.05) is 0 Å². The van der Waals surface area contributed by atoms with Crippen LogP contribution in [0, 0.1) is 0 Å². The number of nitrogens with zero attached hydrogens (tertiary/aromatic N) is 2. The van der Waals surface area contributed by atoms with Crippen LogP contribution < -0.4 is 16.8 Å². The lowest BCUT2D eigenvalue weighted by molar-refractivity contribution is -0.148.